The number of benzene rings is 2. The molecule has 3 rings (SSSR count). The van der Waals surface area contributed by atoms with E-state index in [0.29, 0.717) is 13.0 Å². The first-order chi connectivity index (χ1) is 13.4. The number of nitrogens with zero attached hydrogens (tertiary/aromatic N) is 3. The van der Waals surface area contributed by atoms with E-state index in [1.807, 2.05) is 25.1 Å². The summed E-state index contributed by atoms with van der Waals surface area (Å²) < 4.78 is 1.13. The minimum Gasteiger partial charge on any atom is -0.308 e. The summed E-state index contributed by atoms with van der Waals surface area (Å²) in [5.41, 5.74) is 3.42. The Kier molecular flexibility index (Phi) is 8.96. The van der Waals surface area contributed by atoms with Crippen molar-refractivity contribution in [3.05, 3.63) is 53.6 Å². The average Bonchev–Trinajstić information content (AvgIpc) is 3.06. The van der Waals surface area contributed by atoms with Gasteiger partial charge in [0.2, 0.25) is 5.91 Å². The second-order valence-electron chi connectivity index (χ2n) is 7.23. The normalized spacial score (nSPS) is 10.9. The highest BCUT2D eigenvalue weighted by Gasteiger charge is 2.19. The van der Waals surface area contributed by atoms with Gasteiger partial charge in [0.25, 0.3) is 0 Å². The number of rotatable bonds is 8. The van der Waals surface area contributed by atoms with Gasteiger partial charge in [-0.2, -0.15) is 0 Å². The lowest BCUT2D eigenvalue weighted by Gasteiger charge is -2.22. The van der Waals surface area contributed by atoms with Gasteiger partial charge >= 0.3 is 0 Å². The number of fused-ring (bicyclic) bond motifs is 1. The van der Waals surface area contributed by atoms with Crippen LogP contribution in [0.25, 0.3) is 10.2 Å². The summed E-state index contributed by atoms with van der Waals surface area (Å²) in [5.74, 6) is 0.905. The van der Waals surface area contributed by atoms with Crippen LogP contribution in [-0.2, 0) is 4.79 Å². The number of hydrogen-bond acceptors (Lipinski definition) is 5. The van der Waals surface area contributed by atoms with E-state index in [4.69, 9.17) is 4.98 Å². The van der Waals surface area contributed by atoms with Crippen LogP contribution in [0.1, 0.15) is 17.5 Å². The standard InChI is InChI=1S/C22H27N3OS2.ClH/c1-16-5-8-18(9-6-16)27-14-11-21(26)25(13-12-24(3)4)22-23-19-10-7-17(2)15-20(19)28-22;/h5-10,15H,11-14H2,1-4H3;1H. The number of carbonyl (C=O) groups is 1. The van der Waals surface area contributed by atoms with Crippen molar-refractivity contribution in [2.24, 2.45) is 0 Å². The topological polar surface area (TPSA) is 36.4 Å². The third-order valence-electron chi connectivity index (χ3n) is 4.44. The molecule has 0 atom stereocenters. The molecule has 0 bridgehead atoms. The van der Waals surface area contributed by atoms with Crippen molar-refractivity contribution in [3.8, 4) is 0 Å². The Morgan fingerprint density at radius 2 is 1.72 bits per heavy atom. The first kappa shape index (κ1) is 23.7. The van der Waals surface area contributed by atoms with E-state index in [1.54, 1.807) is 23.1 Å². The molecule has 0 aliphatic rings. The van der Waals surface area contributed by atoms with Crippen LogP contribution in [0.15, 0.2) is 47.4 Å². The van der Waals surface area contributed by atoms with Gasteiger partial charge in [0.05, 0.1) is 10.2 Å². The first-order valence-electron chi connectivity index (χ1n) is 9.44. The molecule has 0 aliphatic carbocycles. The Morgan fingerprint density at radius 3 is 2.41 bits per heavy atom. The largest absolute Gasteiger partial charge is 0.308 e. The summed E-state index contributed by atoms with van der Waals surface area (Å²) in [5, 5.41) is 0.799. The molecule has 29 heavy (non-hydrogen) atoms. The summed E-state index contributed by atoms with van der Waals surface area (Å²) in [4.78, 5) is 22.9. The number of carbonyl (C=O) groups excluding carboxylic acids is 1. The lowest BCUT2D eigenvalue weighted by molar-refractivity contribution is -0.118. The van der Waals surface area contributed by atoms with Crippen molar-refractivity contribution < 1.29 is 4.79 Å². The fraction of sp³-hybridized carbons (Fsp3) is 0.364. The number of thioether (sulfide) groups is 1. The number of amides is 1. The average molecular weight is 450 g/mol. The van der Waals surface area contributed by atoms with Gasteiger partial charge in [0, 0.05) is 30.2 Å². The molecule has 156 valence electrons. The number of likely N-dealkylation sites (N-methyl/N-ethyl adjacent to an activating group) is 1. The van der Waals surface area contributed by atoms with Gasteiger partial charge in [-0.1, -0.05) is 35.1 Å². The third kappa shape index (κ3) is 6.71. The molecular weight excluding hydrogens is 422 g/mol. The highest BCUT2D eigenvalue weighted by atomic mass is 35.5. The lowest BCUT2D eigenvalue weighted by Crippen LogP contribution is -2.36. The zero-order valence-electron chi connectivity index (χ0n) is 17.3. The number of halogens is 1. The van der Waals surface area contributed by atoms with Crippen LogP contribution in [0, 0.1) is 13.8 Å². The maximum atomic E-state index is 13.0. The van der Waals surface area contributed by atoms with Gasteiger partial charge in [-0.3, -0.25) is 9.69 Å². The summed E-state index contributed by atoms with van der Waals surface area (Å²) in [7, 11) is 4.05. The molecule has 0 spiro atoms. The van der Waals surface area contributed by atoms with Crippen molar-refractivity contribution in [3.63, 3.8) is 0 Å². The number of aromatic nitrogens is 1. The minimum atomic E-state index is 0. The molecule has 1 amide bonds. The van der Waals surface area contributed by atoms with Gasteiger partial charge in [0.1, 0.15) is 0 Å². The number of anilines is 1. The molecule has 4 nitrogen and oxygen atoms in total. The molecule has 0 aliphatic heterocycles. The Labute approximate surface area is 187 Å². The Morgan fingerprint density at radius 1 is 1.03 bits per heavy atom. The number of hydrogen-bond donors (Lipinski definition) is 0. The highest BCUT2D eigenvalue weighted by Crippen LogP contribution is 2.30. The monoisotopic (exact) mass is 449 g/mol. The van der Waals surface area contributed by atoms with Gasteiger partial charge in [-0.05, 0) is 57.8 Å². The van der Waals surface area contributed by atoms with E-state index in [1.165, 1.54) is 16.0 Å². The summed E-state index contributed by atoms with van der Waals surface area (Å²) in [6.07, 6.45) is 0.501. The molecule has 0 radical (unpaired) electrons. The van der Waals surface area contributed by atoms with E-state index in [9.17, 15) is 4.79 Å². The third-order valence-corrected chi connectivity index (χ3v) is 6.50. The summed E-state index contributed by atoms with van der Waals surface area (Å²) in [6.45, 7) is 5.63. The van der Waals surface area contributed by atoms with Crippen LogP contribution in [0.4, 0.5) is 5.13 Å². The van der Waals surface area contributed by atoms with E-state index in [-0.39, 0.29) is 18.3 Å². The second-order valence-corrected chi connectivity index (χ2v) is 9.41. The van der Waals surface area contributed by atoms with E-state index in [2.05, 4.69) is 55.1 Å². The maximum absolute atomic E-state index is 13.0. The van der Waals surface area contributed by atoms with Crippen LogP contribution in [0.2, 0.25) is 0 Å². The van der Waals surface area contributed by atoms with Gasteiger partial charge in [0.15, 0.2) is 5.13 Å². The van der Waals surface area contributed by atoms with E-state index in [0.717, 1.165) is 27.6 Å². The number of thiazole rings is 1. The molecule has 2 aromatic carbocycles. The molecule has 7 heteroatoms. The zero-order chi connectivity index (χ0) is 20.1. The van der Waals surface area contributed by atoms with E-state index < -0.39 is 0 Å². The fourth-order valence-electron chi connectivity index (χ4n) is 2.79. The van der Waals surface area contributed by atoms with Crippen LogP contribution in [-0.4, -0.2) is 48.7 Å². The van der Waals surface area contributed by atoms with Crippen molar-refractivity contribution in [2.75, 3.05) is 37.8 Å². The van der Waals surface area contributed by atoms with Crippen molar-refractivity contribution >= 4 is 56.8 Å². The quantitative estimate of drug-likeness (QED) is 0.430. The molecule has 0 N–H and O–H groups in total. The molecule has 1 heterocycles. The SMILES string of the molecule is Cc1ccc(SCCC(=O)N(CCN(C)C)c2nc3ccc(C)cc3s2)cc1.Cl. The molecule has 0 saturated heterocycles. The maximum Gasteiger partial charge on any atom is 0.229 e. The smallest absolute Gasteiger partial charge is 0.229 e. The summed E-state index contributed by atoms with van der Waals surface area (Å²) in [6, 6.07) is 14.7. The Hall–Kier alpha value is -1.60. The first-order valence-corrected chi connectivity index (χ1v) is 11.2. The van der Waals surface area contributed by atoms with Crippen LogP contribution in [0.3, 0.4) is 0 Å². The molecule has 3 aromatic rings. The van der Waals surface area contributed by atoms with Crippen molar-refractivity contribution in [1.29, 1.82) is 0 Å². The Balaban J connectivity index is 0.00000300. The zero-order valence-corrected chi connectivity index (χ0v) is 19.8. The van der Waals surface area contributed by atoms with Crippen LogP contribution >= 0.6 is 35.5 Å². The fourth-order valence-corrected chi connectivity index (χ4v) is 4.74. The highest BCUT2D eigenvalue weighted by molar-refractivity contribution is 7.99. The van der Waals surface area contributed by atoms with Crippen LogP contribution < -0.4 is 4.90 Å². The molecule has 1 aromatic heterocycles. The predicted molar refractivity (Wildman–Crippen MR) is 129 cm³/mol. The molecule has 0 saturated carbocycles. The summed E-state index contributed by atoms with van der Waals surface area (Å²) >= 11 is 3.33. The second kappa shape index (κ2) is 11.0. The van der Waals surface area contributed by atoms with Gasteiger partial charge in [-0.15, -0.1) is 24.2 Å². The van der Waals surface area contributed by atoms with E-state index >= 15 is 0 Å². The van der Waals surface area contributed by atoms with Crippen LogP contribution in [0.5, 0.6) is 0 Å². The molecule has 0 unspecified atom stereocenters. The van der Waals surface area contributed by atoms with Crippen molar-refractivity contribution in [2.45, 2.75) is 25.2 Å². The molecule has 0 fully saturated rings. The lowest BCUT2D eigenvalue weighted by atomic mass is 10.2. The predicted octanol–water partition coefficient (Wildman–Crippen LogP) is 5.41. The van der Waals surface area contributed by atoms with Gasteiger partial charge in [-0.25, -0.2) is 4.98 Å². The number of aryl methyl sites for hydroxylation is 2. The minimum absolute atomic E-state index is 0. The van der Waals surface area contributed by atoms with Crippen molar-refractivity contribution in [1.82, 2.24) is 9.88 Å². The van der Waals surface area contributed by atoms with Gasteiger partial charge < -0.3 is 4.90 Å². The Bertz CT molecular complexity index is 941. The molecular formula is C22H28ClN3OS2.